The summed E-state index contributed by atoms with van der Waals surface area (Å²) in [7, 11) is 0. The van der Waals surface area contributed by atoms with Gasteiger partial charge in [0, 0.05) is 0 Å². The normalized spacial score (nSPS) is 13.5. The Morgan fingerprint density at radius 1 is 1.60 bits per heavy atom. The summed E-state index contributed by atoms with van der Waals surface area (Å²) < 4.78 is 4.41. The van der Waals surface area contributed by atoms with Gasteiger partial charge in [-0.3, -0.25) is 0 Å². The summed E-state index contributed by atoms with van der Waals surface area (Å²) in [6, 6.07) is 0. The van der Waals surface area contributed by atoms with Gasteiger partial charge in [0.25, 0.3) is 0 Å². The third-order valence-electron chi connectivity index (χ3n) is 1.39. The molecule has 0 fully saturated rings. The molecule has 1 heterocycles. The summed E-state index contributed by atoms with van der Waals surface area (Å²) in [6.07, 6.45) is 0.0981. The van der Waals surface area contributed by atoms with Crippen molar-refractivity contribution < 1.29 is 9.74 Å². The number of hydrogen-bond acceptors (Lipinski definition) is 4. The monoisotopic (exact) mass is 142 g/mol. The van der Waals surface area contributed by atoms with E-state index in [0.717, 1.165) is 0 Å². The lowest BCUT2D eigenvalue weighted by molar-refractivity contribution is 0.161. The van der Waals surface area contributed by atoms with Crippen molar-refractivity contribution in [2.45, 2.75) is 26.4 Å². The Morgan fingerprint density at radius 3 is 2.70 bits per heavy atom. The summed E-state index contributed by atoms with van der Waals surface area (Å²) in [5.74, 6) is 0. The lowest BCUT2D eigenvalue weighted by Gasteiger charge is -2.00. The number of aliphatic hydroxyl groups excluding tert-OH is 1. The number of rotatable bonds is 2. The molecule has 10 heavy (non-hydrogen) atoms. The number of hydrogen-bond donors (Lipinski definition) is 1. The van der Waals surface area contributed by atoms with Gasteiger partial charge in [0.1, 0.15) is 17.5 Å². The van der Waals surface area contributed by atoms with E-state index in [1.807, 2.05) is 6.92 Å². The van der Waals surface area contributed by atoms with Gasteiger partial charge in [-0.25, -0.2) is 4.63 Å². The third-order valence-corrected chi connectivity index (χ3v) is 1.39. The van der Waals surface area contributed by atoms with Gasteiger partial charge in [-0.2, -0.15) is 0 Å². The van der Waals surface area contributed by atoms with Gasteiger partial charge in [0.05, 0.1) is 0 Å². The van der Waals surface area contributed by atoms with E-state index < -0.39 is 6.10 Å². The first-order chi connectivity index (χ1) is 4.75. The van der Waals surface area contributed by atoms with Crippen molar-refractivity contribution in [3.8, 4) is 0 Å². The Balaban J connectivity index is 2.82. The van der Waals surface area contributed by atoms with Crippen molar-refractivity contribution >= 4 is 0 Å². The molecule has 0 spiro atoms. The van der Waals surface area contributed by atoms with E-state index in [-0.39, 0.29) is 0 Å². The highest BCUT2D eigenvalue weighted by atomic mass is 16.6. The van der Waals surface area contributed by atoms with Crippen LogP contribution in [0.1, 0.15) is 30.8 Å². The molecular formula is C6H10N2O2. The maximum absolute atomic E-state index is 9.24. The molecule has 0 saturated carbocycles. The van der Waals surface area contributed by atoms with Crippen molar-refractivity contribution in [3.63, 3.8) is 0 Å². The minimum absolute atomic E-state index is 0.536. The molecule has 1 aromatic rings. The zero-order valence-electron chi connectivity index (χ0n) is 6.03. The second kappa shape index (κ2) is 2.79. The van der Waals surface area contributed by atoms with Gasteiger partial charge >= 0.3 is 0 Å². The van der Waals surface area contributed by atoms with E-state index in [4.69, 9.17) is 0 Å². The Morgan fingerprint density at radius 2 is 2.30 bits per heavy atom. The summed E-state index contributed by atoms with van der Waals surface area (Å²) in [4.78, 5) is 0. The van der Waals surface area contributed by atoms with Crippen molar-refractivity contribution in [3.05, 3.63) is 11.4 Å². The van der Waals surface area contributed by atoms with E-state index in [1.54, 1.807) is 6.92 Å². The summed E-state index contributed by atoms with van der Waals surface area (Å²) in [6.45, 7) is 3.63. The van der Waals surface area contributed by atoms with Crippen LogP contribution in [0, 0.1) is 6.92 Å². The number of aromatic nitrogens is 2. The fourth-order valence-electron chi connectivity index (χ4n) is 0.734. The summed E-state index contributed by atoms with van der Waals surface area (Å²) >= 11 is 0. The van der Waals surface area contributed by atoms with Crippen LogP contribution >= 0.6 is 0 Å². The second-order valence-corrected chi connectivity index (χ2v) is 2.16. The molecule has 0 aliphatic carbocycles. The number of nitrogens with zero attached hydrogens (tertiary/aromatic N) is 2. The van der Waals surface area contributed by atoms with Crippen molar-refractivity contribution in [1.29, 1.82) is 0 Å². The Bertz CT molecular complexity index is 209. The molecule has 1 atom stereocenters. The minimum atomic E-state index is -0.536. The van der Waals surface area contributed by atoms with E-state index in [1.165, 1.54) is 0 Å². The molecular weight excluding hydrogens is 132 g/mol. The smallest absolute Gasteiger partial charge is 0.136 e. The summed E-state index contributed by atoms with van der Waals surface area (Å²) in [5, 5.41) is 16.3. The van der Waals surface area contributed by atoms with Crippen LogP contribution in [0.25, 0.3) is 0 Å². The van der Waals surface area contributed by atoms with Gasteiger partial charge in [-0.1, -0.05) is 17.2 Å². The average molecular weight is 142 g/mol. The molecule has 1 N–H and O–H groups in total. The number of aryl methyl sites for hydroxylation is 1. The maximum atomic E-state index is 9.24. The van der Waals surface area contributed by atoms with Crippen molar-refractivity contribution in [2.75, 3.05) is 0 Å². The average Bonchev–Trinajstić information content (AvgIpc) is 2.34. The predicted octanol–water partition coefficient (Wildman–Crippen LogP) is 0.821. The lowest BCUT2D eigenvalue weighted by atomic mass is 10.2. The Hall–Kier alpha value is -0.900. The lowest BCUT2D eigenvalue weighted by Crippen LogP contribution is -1.97. The standard InChI is InChI=1S/C6H10N2O2/c1-3-5(9)6-4(2)7-10-8-6/h5,9H,3H2,1-2H3. The zero-order valence-corrected chi connectivity index (χ0v) is 6.03. The highest BCUT2D eigenvalue weighted by molar-refractivity contribution is 5.07. The van der Waals surface area contributed by atoms with Gasteiger partial charge in [-0.15, -0.1) is 0 Å². The van der Waals surface area contributed by atoms with Crippen LogP contribution in [0.4, 0.5) is 0 Å². The topological polar surface area (TPSA) is 59.2 Å². The highest BCUT2D eigenvalue weighted by Gasteiger charge is 2.12. The maximum Gasteiger partial charge on any atom is 0.136 e. The van der Waals surface area contributed by atoms with Crippen molar-refractivity contribution in [1.82, 2.24) is 10.3 Å². The van der Waals surface area contributed by atoms with Gasteiger partial charge in [0.2, 0.25) is 0 Å². The largest absolute Gasteiger partial charge is 0.387 e. The molecule has 1 rings (SSSR count). The first kappa shape index (κ1) is 7.21. The first-order valence-corrected chi connectivity index (χ1v) is 3.22. The Kier molecular flexibility index (Phi) is 2.01. The molecule has 4 heteroatoms. The highest BCUT2D eigenvalue weighted by Crippen LogP contribution is 2.15. The SMILES string of the molecule is CCC(O)c1nonc1C. The van der Waals surface area contributed by atoms with E-state index in [9.17, 15) is 5.11 Å². The van der Waals surface area contributed by atoms with Crippen LogP contribution in [0.2, 0.25) is 0 Å². The molecule has 0 aliphatic rings. The van der Waals surface area contributed by atoms with E-state index in [0.29, 0.717) is 17.8 Å². The summed E-state index contributed by atoms with van der Waals surface area (Å²) in [5.41, 5.74) is 1.21. The molecule has 0 aliphatic heterocycles. The molecule has 1 aromatic heterocycles. The van der Waals surface area contributed by atoms with Crippen molar-refractivity contribution in [2.24, 2.45) is 0 Å². The van der Waals surface area contributed by atoms with E-state index >= 15 is 0 Å². The van der Waals surface area contributed by atoms with Crippen LogP contribution in [-0.4, -0.2) is 15.4 Å². The quantitative estimate of drug-likeness (QED) is 0.664. The zero-order chi connectivity index (χ0) is 7.56. The molecule has 56 valence electrons. The van der Waals surface area contributed by atoms with Crippen LogP contribution in [-0.2, 0) is 0 Å². The first-order valence-electron chi connectivity index (χ1n) is 3.22. The van der Waals surface area contributed by atoms with Gasteiger partial charge in [-0.05, 0) is 13.3 Å². The van der Waals surface area contributed by atoms with Crippen LogP contribution in [0.5, 0.6) is 0 Å². The predicted molar refractivity (Wildman–Crippen MR) is 34.3 cm³/mol. The van der Waals surface area contributed by atoms with E-state index in [2.05, 4.69) is 14.9 Å². The molecule has 0 bridgehead atoms. The molecule has 1 unspecified atom stereocenters. The molecule has 0 aromatic carbocycles. The van der Waals surface area contributed by atoms with Crippen LogP contribution in [0.3, 0.4) is 0 Å². The van der Waals surface area contributed by atoms with Gasteiger partial charge in [0.15, 0.2) is 0 Å². The molecule has 0 radical (unpaired) electrons. The van der Waals surface area contributed by atoms with Crippen LogP contribution < -0.4 is 0 Å². The fourth-order valence-corrected chi connectivity index (χ4v) is 0.734. The fraction of sp³-hybridized carbons (Fsp3) is 0.667. The molecule has 4 nitrogen and oxygen atoms in total. The minimum Gasteiger partial charge on any atom is -0.387 e. The third kappa shape index (κ3) is 1.16. The molecule has 0 amide bonds. The van der Waals surface area contributed by atoms with Gasteiger partial charge < -0.3 is 5.11 Å². The number of aliphatic hydroxyl groups is 1. The van der Waals surface area contributed by atoms with Crippen LogP contribution in [0.15, 0.2) is 4.63 Å². The molecule has 0 saturated heterocycles. The second-order valence-electron chi connectivity index (χ2n) is 2.16. The Labute approximate surface area is 58.8 Å².